The van der Waals surface area contributed by atoms with Crippen LogP contribution in [0.1, 0.15) is 16.7 Å². The van der Waals surface area contributed by atoms with Crippen LogP contribution >= 0.6 is 0 Å². The van der Waals surface area contributed by atoms with E-state index in [2.05, 4.69) is 4.72 Å². The number of para-hydroxylation sites is 1. The van der Waals surface area contributed by atoms with Crippen molar-refractivity contribution < 1.29 is 13.2 Å². The molecule has 0 amide bonds. The smallest absolute Gasteiger partial charge is 0.261 e. The highest BCUT2D eigenvalue weighted by molar-refractivity contribution is 7.92. The van der Waals surface area contributed by atoms with Gasteiger partial charge in [-0.3, -0.25) is 4.72 Å². The van der Waals surface area contributed by atoms with Crippen LogP contribution in [0, 0.1) is 13.8 Å². The molecule has 5 heteroatoms. The van der Waals surface area contributed by atoms with Gasteiger partial charge in [0.2, 0.25) is 0 Å². The first kappa shape index (κ1) is 13.9. The normalized spacial score (nSPS) is 13.6. The summed E-state index contributed by atoms with van der Waals surface area (Å²) in [5.41, 5.74) is 3.40. The maximum absolute atomic E-state index is 12.6. The number of fused-ring (bicyclic) bond motifs is 1. The van der Waals surface area contributed by atoms with Crippen molar-refractivity contribution in [3.05, 3.63) is 53.1 Å². The van der Waals surface area contributed by atoms with Crippen LogP contribution in [0.25, 0.3) is 0 Å². The van der Waals surface area contributed by atoms with Crippen molar-refractivity contribution >= 4 is 15.7 Å². The summed E-state index contributed by atoms with van der Waals surface area (Å²) in [4.78, 5) is 0.273. The molecular formula is C16H17NO3S. The maximum Gasteiger partial charge on any atom is 0.261 e. The van der Waals surface area contributed by atoms with E-state index < -0.39 is 10.0 Å². The molecule has 3 rings (SSSR count). The average molecular weight is 303 g/mol. The molecule has 1 N–H and O–H groups in total. The number of ether oxygens (including phenoxy) is 1. The second-order valence-corrected chi connectivity index (χ2v) is 6.92. The van der Waals surface area contributed by atoms with Crippen molar-refractivity contribution in [2.24, 2.45) is 0 Å². The van der Waals surface area contributed by atoms with E-state index in [0.29, 0.717) is 12.3 Å². The Morgan fingerprint density at radius 1 is 1.10 bits per heavy atom. The molecule has 0 bridgehead atoms. The molecule has 0 fully saturated rings. The number of rotatable bonds is 3. The summed E-state index contributed by atoms with van der Waals surface area (Å²) in [5, 5.41) is 0. The van der Waals surface area contributed by atoms with Crippen LogP contribution in [0.2, 0.25) is 0 Å². The lowest BCUT2D eigenvalue weighted by Crippen LogP contribution is -2.14. The van der Waals surface area contributed by atoms with Crippen LogP contribution in [-0.4, -0.2) is 15.0 Å². The molecule has 4 nitrogen and oxygen atoms in total. The van der Waals surface area contributed by atoms with Gasteiger partial charge in [0.15, 0.2) is 0 Å². The molecular weight excluding hydrogens is 286 g/mol. The van der Waals surface area contributed by atoms with Gasteiger partial charge in [0.1, 0.15) is 5.75 Å². The van der Waals surface area contributed by atoms with Crippen molar-refractivity contribution in [2.45, 2.75) is 25.2 Å². The van der Waals surface area contributed by atoms with Gasteiger partial charge in [0.25, 0.3) is 10.0 Å². The Labute approximate surface area is 124 Å². The van der Waals surface area contributed by atoms with Gasteiger partial charge in [0, 0.05) is 6.42 Å². The predicted octanol–water partition coefficient (Wildman–Crippen LogP) is 3.04. The summed E-state index contributed by atoms with van der Waals surface area (Å²) in [6, 6.07) is 10.7. The maximum atomic E-state index is 12.6. The fourth-order valence-corrected chi connectivity index (χ4v) is 3.75. The van der Waals surface area contributed by atoms with Gasteiger partial charge in [0.05, 0.1) is 17.2 Å². The van der Waals surface area contributed by atoms with E-state index >= 15 is 0 Å². The lowest BCUT2D eigenvalue weighted by Gasteiger charge is -2.13. The summed E-state index contributed by atoms with van der Waals surface area (Å²) in [6.07, 6.45) is 0.752. The molecule has 0 saturated carbocycles. The Hall–Kier alpha value is -2.01. The molecule has 2 aromatic rings. The molecule has 1 heterocycles. The molecule has 0 atom stereocenters. The molecule has 0 saturated heterocycles. The molecule has 0 radical (unpaired) electrons. The van der Waals surface area contributed by atoms with Crippen molar-refractivity contribution in [1.82, 2.24) is 0 Å². The highest BCUT2D eigenvalue weighted by Gasteiger charge is 2.20. The second kappa shape index (κ2) is 5.07. The summed E-state index contributed by atoms with van der Waals surface area (Å²) in [7, 11) is -3.59. The lowest BCUT2D eigenvalue weighted by molar-refractivity contribution is 0.356. The zero-order chi connectivity index (χ0) is 15.0. The Kier molecular flexibility index (Phi) is 3.37. The number of benzene rings is 2. The summed E-state index contributed by atoms with van der Waals surface area (Å²) in [6.45, 7) is 4.39. The van der Waals surface area contributed by atoms with Crippen LogP contribution in [0.4, 0.5) is 5.69 Å². The SMILES string of the molecule is Cc1cccc(C)c1NS(=O)(=O)c1ccc2c(c1)CCO2. The Bertz CT molecular complexity index is 777. The minimum absolute atomic E-state index is 0.273. The van der Waals surface area contributed by atoms with Gasteiger partial charge < -0.3 is 4.74 Å². The number of sulfonamides is 1. The summed E-state index contributed by atoms with van der Waals surface area (Å²) in [5.74, 6) is 0.779. The molecule has 0 spiro atoms. The highest BCUT2D eigenvalue weighted by atomic mass is 32.2. The minimum Gasteiger partial charge on any atom is -0.493 e. The first-order chi connectivity index (χ1) is 9.97. The Morgan fingerprint density at radius 3 is 2.52 bits per heavy atom. The van der Waals surface area contributed by atoms with Crippen LogP contribution < -0.4 is 9.46 Å². The lowest BCUT2D eigenvalue weighted by atomic mass is 10.1. The van der Waals surface area contributed by atoms with E-state index in [4.69, 9.17) is 4.74 Å². The summed E-state index contributed by atoms with van der Waals surface area (Å²) >= 11 is 0. The van der Waals surface area contributed by atoms with Gasteiger partial charge in [-0.15, -0.1) is 0 Å². The Morgan fingerprint density at radius 2 is 1.81 bits per heavy atom. The molecule has 21 heavy (non-hydrogen) atoms. The fraction of sp³-hybridized carbons (Fsp3) is 0.250. The number of hydrogen-bond acceptors (Lipinski definition) is 3. The first-order valence-electron chi connectivity index (χ1n) is 6.82. The first-order valence-corrected chi connectivity index (χ1v) is 8.30. The van der Waals surface area contributed by atoms with Crippen LogP contribution in [0.15, 0.2) is 41.3 Å². The zero-order valence-corrected chi connectivity index (χ0v) is 12.8. The number of hydrogen-bond donors (Lipinski definition) is 1. The minimum atomic E-state index is -3.59. The fourth-order valence-electron chi connectivity index (χ4n) is 2.50. The molecule has 1 aliphatic heterocycles. The van der Waals surface area contributed by atoms with Crippen LogP contribution in [-0.2, 0) is 16.4 Å². The standard InChI is InChI=1S/C16H17NO3S/c1-11-4-3-5-12(2)16(11)17-21(18,19)14-6-7-15-13(10-14)8-9-20-15/h3-7,10,17H,8-9H2,1-2H3. The van der Waals surface area contributed by atoms with Gasteiger partial charge in [-0.1, -0.05) is 18.2 Å². The van der Waals surface area contributed by atoms with Crippen LogP contribution in [0.5, 0.6) is 5.75 Å². The highest BCUT2D eigenvalue weighted by Crippen LogP contribution is 2.29. The van der Waals surface area contributed by atoms with Crippen molar-refractivity contribution in [3.63, 3.8) is 0 Å². The number of anilines is 1. The van der Waals surface area contributed by atoms with E-state index in [1.807, 2.05) is 32.0 Å². The van der Waals surface area contributed by atoms with Gasteiger partial charge in [-0.25, -0.2) is 8.42 Å². The van der Waals surface area contributed by atoms with E-state index in [9.17, 15) is 8.42 Å². The molecule has 110 valence electrons. The number of nitrogens with one attached hydrogen (secondary N) is 1. The monoisotopic (exact) mass is 303 g/mol. The molecule has 0 unspecified atom stereocenters. The average Bonchev–Trinajstić information content (AvgIpc) is 2.90. The Balaban J connectivity index is 1.98. The van der Waals surface area contributed by atoms with Gasteiger partial charge in [-0.05, 0) is 48.7 Å². The largest absolute Gasteiger partial charge is 0.493 e. The van der Waals surface area contributed by atoms with Gasteiger partial charge >= 0.3 is 0 Å². The summed E-state index contributed by atoms with van der Waals surface area (Å²) < 4.78 is 33.2. The number of aryl methyl sites for hydroxylation is 2. The van der Waals surface area contributed by atoms with Crippen LogP contribution in [0.3, 0.4) is 0 Å². The third kappa shape index (κ3) is 2.61. The molecule has 0 aliphatic carbocycles. The third-order valence-corrected chi connectivity index (χ3v) is 5.04. The zero-order valence-electron chi connectivity index (χ0n) is 12.0. The van der Waals surface area contributed by atoms with Crippen molar-refractivity contribution in [2.75, 3.05) is 11.3 Å². The van der Waals surface area contributed by atoms with E-state index in [0.717, 1.165) is 28.9 Å². The quantitative estimate of drug-likeness (QED) is 0.948. The van der Waals surface area contributed by atoms with Crippen molar-refractivity contribution in [3.8, 4) is 5.75 Å². The molecule has 0 aromatic heterocycles. The predicted molar refractivity (Wildman–Crippen MR) is 82.4 cm³/mol. The molecule has 1 aliphatic rings. The second-order valence-electron chi connectivity index (χ2n) is 5.24. The van der Waals surface area contributed by atoms with Gasteiger partial charge in [-0.2, -0.15) is 0 Å². The van der Waals surface area contributed by atoms with E-state index in [1.54, 1.807) is 18.2 Å². The van der Waals surface area contributed by atoms with Crippen molar-refractivity contribution in [1.29, 1.82) is 0 Å². The molecule has 2 aromatic carbocycles. The van der Waals surface area contributed by atoms with E-state index in [1.165, 1.54) is 0 Å². The van der Waals surface area contributed by atoms with E-state index in [-0.39, 0.29) is 4.90 Å². The topological polar surface area (TPSA) is 55.4 Å². The third-order valence-electron chi connectivity index (χ3n) is 3.69.